The Morgan fingerprint density at radius 3 is 2.47 bits per heavy atom. The van der Waals surface area contributed by atoms with Crippen LogP contribution in [-0.4, -0.2) is 23.9 Å². The van der Waals surface area contributed by atoms with Crippen LogP contribution in [0, 0.1) is 11.3 Å². The van der Waals surface area contributed by atoms with Crippen LogP contribution in [0.15, 0.2) is 17.9 Å². The van der Waals surface area contributed by atoms with Crippen molar-refractivity contribution in [3.05, 3.63) is 17.9 Å². The average Bonchev–Trinajstić information content (AvgIpc) is 2.03. The summed E-state index contributed by atoms with van der Waals surface area (Å²) in [7, 11) is 0. The molecule has 2 unspecified atom stereocenters. The van der Waals surface area contributed by atoms with Crippen molar-refractivity contribution in [2.24, 2.45) is 11.3 Å². The molecule has 2 atom stereocenters. The first-order valence-corrected chi connectivity index (χ1v) is 4.72. The molecule has 0 saturated heterocycles. The number of rotatable bonds is 0. The molecule has 1 fully saturated rings. The summed E-state index contributed by atoms with van der Waals surface area (Å²) in [4.78, 5) is 0. The van der Waals surface area contributed by atoms with Crippen molar-refractivity contribution in [1.82, 2.24) is 0 Å². The van der Waals surface area contributed by atoms with Gasteiger partial charge in [-0.15, -0.1) is 5.73 Å². The van der Waals surface area contributed by atoms with E-state index in [2.05, 4.69) is 24.8 Å². The SMILES string of the molecule is C.C.C.CC12CC=C=CC1CCCC2.[Sn]. The minimum Gasteiger partial charge on any atom is -0.129 e. The molecule has 0 nitrogen and oxygen atoms in total. The molecule has 88 valence electrons. The van der Waals surface area contributed by atoms with Crippen LogP contribution in [0.2, 0.25) is 0 Å². The standard InChI is InChI=1S/C11H16.3CH4.Sn/c1-11-8-4-2-6-10(11)7-3-5-9-11;;;;/h5,7,10H,2,4,6,8-9H2,1H3;3*1H4;. The second kappa shape index (κ2) is 8.47. The van der Waals surface area contributed by atoms with E-state index in [1.807, 2.05) is 0 Å². The van der Waals surface area contributed by atoms with Gasteiger partial charge in [0.2, 0.25) is 0 Å². The second-order valence-corrected chi connectivity index (χ2v) is 4.25. The zero-order chi connectivity index (χ0) is 7.73. The van der Waals surface area contributed by atoms with Crippen molar-refractivity contribution in [3.8, 4) is 0 Å². The van der Waals surface area contributed by atoms with E-state index in [9.17, 15) is 0 Å². The molecular formula is C14H28Sn. The van der Waals surface area contributed by atoms with Gasteiger partial charge in [-0.3, -0.25) is 0 Å². The van der Waals surface area contributed by atoms with Crippen LogP contribution >= 0.6 is 0 Å². The maximum atomic E-state index is 3.26. The fraction of sp³-hybridized carbons (Fsp3) is 0.786. The summed E-state index contributed by atoms with van der Waals surface area (Å²) in [6.45, 7) is 2.44. The van der Waals surface area contributed by atoms with Crippen molar-refractivity contribution >= 4 is 23.9 Å². The van der Waals surface area contributed by atoms with Gasteiger partial charge in [-0.2, -0.15) is 0 Å². The van der Waals surface area contributed by atoms with Crippen molar-refractivity contribution < 1.29 is 0 Å². The summed E-state index contributed by atoms with van der Waals surface area (Å²) >= 11 is 0. The van der Waals surface area contributed by atoms with Crippen LogP contribution in [0.1, 0.15) is 61.3 Å². The summed E-state index contributed by atoms with van der Waals surface area (Å²) in [5.41, 5.74) is 3.86. The van der Waals surface area contributed by atoms with Crippen molar-refractivity contribution in [3.63, 3.8) is 0 Å². The number of hydrogen-bond donors (Lipinski definition) is 0. The van der Waals surface area contributed by atoms with Crippen molar-refractivity contribution in [1.29, 1.82) is 0 Å². The minimum atomic E-state index is 0. The normalized spacial score (nSPS) is 30.9. The summed E-state index contributed by atoms with van der Waals surface area (Å²) < 4.78 is 0. The Labute approximate surface area is 114 Å². The number of allylic oxidation sites excluding steroid dienone is 1. The van der Waals surface area contributed by atoms with Crippen molar-refractivity contribution in [2.45, 2.75) is 61.3 Å². The fourth-order valence-corrected chi connectivity index (χ4v) is 2.44. The summed E-state index contributed by atoms with van der Waals surface area (Å²) in [5, 5.41) is 0. The Hall–Kier alpha value is 0.319. The van der Waals surface area contributed by atoms with Gasteiger partial charge in [0.1, 0.15) is 0 Å². The molecule has 2 rings (SSSR count). The molecule has 0 bridgehead atoms. The predicted octanol–water partition coefficient (Wildman–Crippen LogP) is 4.83. The van der Waals surface area contributed by atoms with Gasteiger partial charge in [-0.1, -0.05) is 42.0 Å². The van der Waals surface area contributed by atoms with E-state index >= 15 is 0 Å². The largest absolute Gasteiger partial charge is 0.129 e. The Morgan fingerprint density at radius 2 is 1.87 bits per heavy atom. The van der Waals surface area contributed by atoms with Crippen LogP contribution < -0.4 is 0 Å². The van der Waals surface area contributed by atoms with Crippen LogP contribution in [0.5, 0.6) is 0 Å². The van der Waals surface area contributed by atoms with Crippen LogP contribution in [0.25, 0.3) is 0 Å². The van der Waals surface area contributed by atoms with Crippen molar-refractivity contribution in [2.75, 3.05) is 0 Å². The average molecular weight is 315 g/mol. The molecular weight excluding hydrogens is 287 g/mol. The zero-order valence-corrected chi connectivity index (χ0v) is 10.6. The summed E-state index contributed by atoms with van der Waals surface area (Å²) in [6.07, 6.45) is 11.5. The van der Waals surface area contributed by atoms with E-state index in [1.165, 1.54) is 32.1 Å². The fourth-order valence-electron chi connectivity index (χ4n) is 2.44. The maximum Gasteiger partial charge on any atom is 0 e. The van der Waals surface area contributed by atoms with Crippen LogP contribution in [0.4, 0.5) is 0 Å². The first-order valence-electron chi connectivity index (χ1n) is 4.72. The Kier molecular flexibility index (Phi) is 11.7. The Bertz CT molecular complexity index is 213. The molecule has 0 amide bonds. The third kappa shape index (κ3) is 4.36. The summed E-state index contributed by atoms with van der Waals surface area (Å²) in [5.74, 6) is 0.834. The van der Waals surface area contributed by atoms with Gasteiger partial charge in [-0.05, 0) is 42.7 Å². The quantitative estimate of drug-likeness (QED) is 0.444. The summed E-state index contributed by atoms with van der Waals surface area (Å²) in [6, 6.07) is 0. The molecule has 0 spiro atoms. The van der Waals surface area contributed by atoms with Gasteiger partial charge in [0.05, 0.1) is 0 Å². The molecule has 0 aromatic rings. The van der Waals surface area contributed by atoms with Gasteiger partial charge < -0.3 is 0 Å². The van der Waals surface area contributed by atoms with E-state index < -0.39 is 0 Å². The second-order valence-electron chi connectivity index (χ2n) is 4.25. The zero-order valence-electron chi connectivity index (χ0n) is 7.77. The molecule has 0 aliphatic heterocycles. The van der Waals surface area contributed by atoms with Gasteiger partial charge in [0.25, 0.3) is 0 Å². The molecule has 2 aliphatic carbocycles. The Morgan fingerprint density at radius 1 is 1.20 bits per heavy atom. The van der Waals surface area contributed by atoms with E-state index in [1.54, 1.807) is 0 Å². The predicted molar refractivity (Wildman–Crippen MR) is 73.3 cm³/mol. The van der Waals surface area contributed by atoms with Gasteiger partial charge in [-0.25, -0.2) is 0 Å². The molecule has 1 saturated carbocycles. The molecule has 0 aromatic heterocycles. The molecule has 4 radical (unpaired) electrons. The molecule has 1 heteroatoms. The molecule has 0 aromatic carbocycles. The van der Waals surface area contributed by atoms with Crippen LogP contribution in [0.3, 0.4) is 0 Å². The first-order chi connectivity index (χ1) is 5.31. The van der Waals surface area contributed by atoms with E-state index in [0.717, 1.165) is 5.92 Å². The maximum absolute atomic E-state index is 3.26. The molecule has 0 N–H and O–H groups in total. The topological polar surface area (TPSA) is 0 Å². The third-order valence-corrected chi connectivity index (χ3v) is 3.39. The van der Waals surface area contributed by atoms with Gasteiger partial charge in [0.15, 0.2) is 0 Å². The van der Waals surface area contributed by atoms with E-state index in [4.69, 9.17) is 0 Å². The molecule has 15 heavy (non-hydrogen) atoms. The van der Waals surface area contributed by atoms with E-state index in [0.29, 0.717) is 5.41 Å². The monoisotopic (exact) mass is 316 g/mol. The first kappa shape index (κ1) is 20.7. The van der Waals surface area contributed by atoms with E-state index in [-0.39, 0.29) is 46.2 Å². The number of fused-ring (bicyclic) bond motifs is 1. The van der Waals surface area contributed by atoms with Gasteiger partial charge in [0, 0.05) is 23.9 Å². The molecule has 0 heterocycles. The van der Waals surface area contributed by atoms with Gasteiger partial charge >= 0.3 is 0 Å². The molecule has 2 aliphatic rings. The Balaban J connectivity index is -0.000000360. The van der Waals surface area contributed by atoms with Crippen LogP contribution in [-0.2, 0) is 0 Å². The minimum absolute atomic E-state index is 0. The smallest absolute Gasteiger partial charge is 0 e. The third-order valence-electron chi connectivity index (χ3n) is 3.39. The number of hydrogen-bond acceptors (Lipinski definition) is 0.